The summed E-state index contributed by atoms with van der Waals surface area (Å²) in [4.78, 5) is 11.6. The van der Waals surface area contributed by atoms with Crippen LogP contribution >= 0.6 is 0 Å². The van der Waals surface area contributed by atoms with Gasteiger partial charge in [0.2, 0.25) is 0 Å². The highest BCUT2D eigenvalue weighted by molar-refractivity contribution is 6.09. The molecule has 0 saturated carbocycles. The Hall–Kier alpha value is -0.900. The number of rotatable bonds is 3. The van der Waals surface area contributed by atoms with E-state index in [0.717, 1.165) is 5.71 Å². The maximum absolute atomic E-state index is 11.6. The maximum Gasteiger partial charge on any atom is 0.277 e. The minimum atomic E-state index is -0.459. The number of carbonyl (C=O) groups is 1. The Morgan fingerprint density at radius 1 is 1.62 bits per heavy atom. The van der Waals surface area contributed by atoms with Gasteiger partial charge in [-0.3, -0.25) is 4.79 Å². The van der Waals surface area contributed by atoms with Crippen molar-refractivity contribution in [2.24, 2.45) is 11.0 Å². The first-order chi connectivity index (χ1) is 6.06. The molecule has 0 aliphatic carbocycles. The topological polar surface area (TPSA) is 41.9 Å². The summed E-state index contributed by atoms with van der Waals surface area (Å²) in [5.74, 6) is 0.379. The molecule has 0 aromatic carbocycles. The molecule has 1 rings (SSSR count). The summed E-state index contributed by atoms with van der Waals surface area (Å²) in [7, 11) is 1.53. The van der Waals surface area contributed by atoms with Crippen LogP contribution in [0.2, 0.25) is 0 Å². The van der Waals surface area contributed by atoms with Crippen LogP contribution < -0.4 is 0 Å². The molecule has 0 spiro atoms. The van der Waals surface area contributed by atoms with Gasteiger partial charge < -0.3 is 4.74 Å². The van der Waals surface area contributed by atoms with Gasteiger partial charge in [-0.15, -0.1) is 0 Å². The Kier molecular flexibility index (Phi) is 3.03. The van der Waals surface area contributed by atoms with E-state index in [-0.39, 0.29) is 5.91 Å². The van der Waals surface area contributed by atoms with Crippen LogP contribution in [0.5, 0.6) is 0 Å². The fourth-order valence-electron chi connectivity index (χ4n) is 1.35. The van der Waals surface area contributed by atoms with Gasteiger partial charge in [-0.05, 0) is 12.8 Å². The summed E-state index contributed by atoms with van der Waals surface area (Å²) < 4.78 is 5.03. The van der Waals surface area contributed by atoms with Gasteiger partial charge in [0.15, 0.2) is 6.10 Å². The summed E-state index contributed by atoms with van der Waals surface area (Å²) in [6, 6.07) is 0. The Bertz CT molecular complexity index is 236. The summed E-state index contributed by atoms with van der Waals surface area (Å²) in [5.41, 5.74) is 0.744. The first-order valence-electron chi connectivity index (χ1n) is 4.45. The van der Waals surface area contributed by atoms with Crippen molar-refractivity contribution in [1.82, 2.24) is 5.01 Å². The predicted octanol–water partition coefficient (Wildman–Crippen LogP) is 0.875. The molecule has 74 valence electrons. The van der Waals surface area contributed by atoms with E-state index in [4.69, 9.17) is 4.74 Å². The minimum Gasteiger partial charge on any atom is -0.365 e. The lowest BCUT2D eigenvalue weighted by Gasteiger charge is -2.15. The zero-order chi connectivity index (χ0) is 10.0. The van der Waals surface area contributed by atoms with Crippen molar-refractivity contribution >= 4 is 11.6 Å². The third-order valence-corrected chi connectivity index (χ3v) is 1.91. The number of ether oxygens (including phenoxy) is 1. The molecule has 1 unspecified atom stereocenters. The first-order valence-corrected chi connectivity index (χ1v) is 4.45. The van der Waals surface area contributed by atoms with Gasteiger partial charge in [-0.2, -0.15) is 5.10 Å². The average Bonchev–Trinajstić information content (AvgIpc) is 2.26. The van der Waals surface area contributed by atoms with Gasteiger partial charge in [-0.25, -0.2) is 5.01 Å². The van der Waals surface area contributed by atoms with E-state index in [1.54, 1.807) is 0 Å². The second-order valence-electron chi connectivity index (χ2n) is 3.67. The molecule has 0 aromatic heterocycles. The van der Waals surface area contributed by atoms with Crippen LogP contribution in [0.25, 0.3) is 0 Å². The molecule has 1 atom stereocenters. The van der Waals surface area contributed by atoms with Gasteiger partial charge in [0.05, 0.1) is 5.71 Å². The Morgan fingerprint density at radius 3 is 2.62 bits per heavy atom. The van der Waals surface area contributed by atoms with Crippen molar-refractivity contribution in [3.05, 3.63) is 0 Å². The maximum atomic E-state index is 11.6. The van der Waals surface area contributed by atoms with Crippen LogP contribution in [0.1, 0.15) is 20.8 Å². The van der Waals surface area contributed by atoms with E-state index >= 15 is 0 Å². The van der Waals surface area contributed by atoms with Gasteiger partial charge in [0, 0.05) is 13.7 Å². The molecule has 1 amide bonds. The molecule has 0 fully saturated rings. The summed E-state index contributed by atoms with van der Waals surface area (Å²) >= 11 is 0. The molecule has 0 N–H and O–H groups in total. The SMILES string of the molecule is COC1C(=O)N(CC(C)C)N=C1C. The number of hydrogen-bond donors (Lipinski definition) is 0. The lowest BCUT2D eigenvalue weighted by molar-refractivity contribution is -0.136. The average molecular weight is 184 g/mol. The molecule has 1 heterocycles. The van der Waals surface area contributed by atoms with E-state index in [9.17, 15) is 4.79 Å². The fraction of sp³-hybridized carbons (Fsp3) is 0.778. The van der Waals surface area contributed by atoms with Gasteiger partial charge in [-0.1, -0.05) is 13.8 Å². The Morgan fingerprint density at radius 2 is 2.23 bits per heavy atom. The molecule has 0 bridgehead atoms. The zero-order valence-corrected chi connectivity index (χ0v) is 8.57. The third kappa shape index (κ3) is 2.06. The third-order valence-electron chi connectivity index (χ3n) is 1.91. The van der Waals surface area contributed by atoms with Crippen molar-refractivity contribution in [1.29, 1.82) is 0 Å². The predicted molar refractivity (Wildman–Crippen MR) is 50.5 cm³/mol. The van der Waals surface area contributed by atoms with Crippen LogP contribution in [0, 0.1) is 5.92 Å². The zero-order valence-electron chi connectivity index (χ0n) is 8.57. The van der Waals surface area contributed by atoms with Crippen LogP contribution in [0.15, 0.2) is 5.10 Å². The highest BCUT2D eigenvalue weighted by Crippen LogP contribution is 2.13. The van der Waals surface area contributed by atoms with Crippen molar-refractivity contribution in [2.75, 3.05) is 13.7 Å². The fourth-order valence-corrected chi connectivity index (χ4v) is 1.35. The summed E-state index contributed by atoms with van der Waals surface area (Å²) in [6.45, 7) is 6.58. The van der Waals surface area contributed by atoms with E-state index in [0.29, 0.717) is 12.5 Å². The molecule has 1 aliphatic rings. The molecule has 13 heavy (non-hydrogen) atoms. The van der Waals surface area contributed by atoms with Crippen molar-refractivity contribution in [2.45, 2.75) is 26.9 Å². The van der Waals surface area contributed by atoms with E-state index in [1.165, 1.54) is 12.1 Å². The molecular weight excluding hydrogens is 168 g/mol. The quantitative estimate of drug-likeness (QED) is 0.653. The van der Waals surface area contributed by atoms with Gasteiger partial charge in [0.25, 0.3) is 5.91 Å². The summed E-state index contributed by atoms with van der Waals surface area (Å²) in [5, 5.41) is 5.63. The van der Waals surface area contributed by atoms with Crippen molar-refractivity contribution < 1.29 is 9.53 Å². The normalized spacial score (nSPS) is 22.8. The van der Waals surface area contributed by atoms with Gasteiger partial charge in [0.1, 0.15) is 0 Å². The monoisotopic (exact) mass is 184 g/mol. The second-order valence-corrected chi connectivity index (χ2v) is 3.67. The van der Waals surface area contributed by atoms with Crippen LogP contribution in [0.4, 0.5) is 0 Å². The Labute approximate surface area is 78.6 Å². The van der Waals surface area contributed by atoms with Gasteiger partial charge >= 0.3 is 0 Å². The number of nitrogens with zero attached hydrogens (tertiary/aromatic N) is 2. The number of amides is 1. The van der Waals surface area contributed by atoms with E-state index in [1.807, 2.05) is 6.92 Å². The number of methoxy groups -OCH3 is 1. The number of hydrazone groups is 1. The first kappa shape index (κ1) is 10.2. The van der Waals surface area contributed by atoms with Crippen molar-refractivity contribution in [3.63, 3.8) is 0 Å². The largest absolute Gasteiger partial charge is 0.365 e. The molecule has 4 heteroatoms. The highest BCUT2D eigenvalue weighted by Gasteiger charge is 2.33. The molecule has 0 saturated heterocycles. The lowest BCUT2D eigenvalue weighted by Crippen LogP contribution is -2.34. The Balaban J connectivity index is 2.66. The summed E-state index contributed by atoms with van der Waals surface area (Å²) in [6.07, 6.45) is -0.459. The molecular formula is C9H16N2O2. The van der Waals surface area contributed by atoms with E-state index < -0.39 is 6.10 Å². The number of carbonyl (C=O) groups excluding carboxylic acids is 1. The highest BCUT2D eigenvalue weighted by atomic mass is 16.5. The van der Waals surface area contributed by atoms with Crippen molar-refractivity contribution in [3.8, 4) is 0 Å². The van der Waals surface area contributed by atoms with Crippen LogP contribution in [0.3, 0.4) is 0 Å². The number of hydrogen-bond acceptors (Lipinski definition) is 3. The smallest absolute Gasteiger partial charge is 0.277 e. The molecule has 0 aromatic rings. The van der Waals surface area contributed by atoms with Crippen LogP contribution in [-0.2, 0) is 9.53 Å². The minimum absolute atomic E-state index is 0.0475. The molecule has 0 radical (unpaired) electrons. The molecule has 1 aliphatic heterocycles. The standard InChI is InChI=1S/C9H16N2O2/c1-6(2)5-11-9(12)8(13-4)7(3)10-11/h6,8H,5H2,1-4H3. The molecule has 4 nitrogen and oxygen atoms in total. The van der Waals surface area contributed by atoms with E-state index in [2.05, 4.69) is 18.9 Å². The lowest BCUT2D eigenvalue weighted by atomic mass is 10.2. The van der Waals surface area contributed by atoms with Crippen LogP contribution in [-0.4, -0.2) is 36.4 Å². The second kappa shape index (κ2) is 3.87.